The lowest BCUT2D eigenvalue weighted by molar-refractivity contribution is 0.669. The van der Waals surface area contributed by atoms with Gasteiger partial charge in [0, 0.05) is 38.6 Å². The van der Waals surface area contributed by atoms with E-state index in [0.29, 0.717) is 0 Å². The van der Waals surface area contributed by atoms with Crippen molar-refractivity contribution in [3.8, 4) is 27.9 Å². The van der Waals surface area contributed by atoms with Crippen molar-refractivity contribution >= 4 is 55.1 Å². The number of rotatable bonds is 5. The highest BCUT2D eigenvalue weighted by atomic mass is 16.3. The second-order valence-electron chi connectivity index (χ2n) is 11.5. The van der Waals surface area contributed by atoms with E-state index >= 15 is 0 Å². The molecule has 0 radical (unpaired) electrons. The Morgan fingerprint density at radius 1 is 0.378 bits per heavy atom. The van der Waals surface area contributed by atoms with E-state index in [4.69, 9.17) is 4.42 Å². The molecule has 0 aliphatic carbocycles. The molecule has 3 nitrogen and oxygen atoms in total. The molecular formula is C42H28N2O. The number of anilines is 2. The highest BCUT2D eigenvalue weighted by Gasteiger charge is 2.13. The topological polar surface area (TPSA) is 30.1 Å². The first kappa shape index (κ1) is 25.4. The zero-order valence-corrected chi connectivity index (χ0v) is 24.4. The second-order valence-corrected chi connectivity index (χ2v) is 11.5. The molecule has 0 bridgehead atoms. The highest BCUT2D eigenvalue weighted by molar-refractivity contribution is 6.10. The first-order chi connectivity index (χ1) is 22.3. The summed E-state index contributed by atoms with van der Waals surface area (Å²) in [5.41, 5.74) is 12.3. The smallest absolute Gasteiger partial charge is 0.135 e. The van der Waals surface area contributed by atoms with Crippen LogP contribution < -0.4 is 5.32 Å². The van der Waals surface area contributed by atoms with Crippen molar-refractivity contribution in [2.24, 2.45) is 0 Å². The summed E-state index contributed by atoms with van der Waals surface area (Å²) in [6.07, 6.45) is 0. The second kappa shape index (κ2) is 10.3. The fourth-order valence-electron chi connectivity index (χ4n) is 6.57. The van der Waals surface area contributed by atoms with Gasteiger partial charge in [-0.3, -0.25) is 0 Å². The average Bonchev–Trinajstić information content (AvgIpc) is 3.64. The molecular weight excluding hydrogens is 548 g/mol. The van der Waals surface area contributed by atoms with Crippen LogP contribution in [0.3, 0.4) is 0 Å². The summed E-state index contributed by atoms with van der Waals surface area (Å²) in [6.45, 7) is 0. The van der Waals surface area contributed by atoms with Gasteiger partial charge in [0.1, 0.15) is 11.2 Å². The predicted molar refractivity (Wildman–Crippen MR) is 189 cm³/mol. The number of nitrogens with one attached hydrogen (secondary N) is 1. The number of furan rings is 1. The van der Waals surface area contributed by atoms with Gasteiger partial charge < -0.3 is 14.3 Å². The average molecular weight is 577 g/mol. The lowest BCUT2D eigenvalue weighted by Crippen LogP contribution is -1.93. The molecule has 2 heterocycles. The molecule has 212 valence electrons. The molecule has 0 unspecified atom stereocenters. The molecule has 45 heavy (non-hydrogen) atoms. The number of fused-ring (bicyclic) bond motifs is 6. The zero-order chi connectivity index (χ0) is 29.7. The van der Waals surface area contributed by atoms with Gasteiger partial charge in [-0.15, -0.1) is 0 Å². The molecule has 0 saturated heterocycles. The van der Waals surface area contributed by atoms with Crippen molar-refractivity contribution in [1.82, 2.24) is 4.57 Å². The Bertz CT molecular complexity index is 2480. The molecule has 1 N–H and O–H groups in total. The Hall–Kier alpha value is -6.06. The summed E-state index contributed by atoms with van der Waals surface area (Å²) < 4.78 is 8.36. The van der Waals surface area contributed by atoms with Crippen LogP contribution in [0.2, 0.25) is 0 Å². The molecule has 0 fully saturated rings. The van der Waals surface area contributed by atoms with E-state index in [1.807, 2.05) is 12.1 Å². The van der Waals surface area contributed by atoms with Crippen LogP contribution in [0.4, 0.5) is 11.4 Å². The first-order valence-corrected chi connectivity index (χ1v) is 15.3. The number of hydrogen-bond donors (Lipinski definition) is 1. The maximum Gasteiger partial charge on any atom is 0.135 e. The Kier molecular flexibility index (Phi) is 5.82. The molecule has 3 heteroatoms. The third kappa shape index (κ3) is 4.37. The fraction of sp³-hybridized carbons (Fsp3) is 0. The van der Waals surface area contributed by atoms with Crippen LogP contribution in [0, 0.1) is 0 Å². The first-order valence-electron chi connectivity index (χ1n) is 15.3. The lowest BCUT2D eigenvalue weighted by Gasteiger charge is -2.10. The SMILES string of the molecule is c1ccc(-n2c3ccccc3c3cc(-c4ccc(Nc5ccc(-c6ccc7oc8ccccc8c7c6)cc5)cc4)ccc32)cc1. The van der Waals surface area contributed by atoms with E-state index in [1.54, 1.807) is 0 Å². The summed E-state index contributed by atoms with van der Waals surface area (Å²) in [5.74, 6) is 0. The quantitative estimate of drug-likeness (QED) is 0.221. The van der Waals surface area contributed by atoms with Crippen LogP contribution in [0.1, 0.15) is 0 Å². The Balaban J connectivity index is 0.979. The van der Waals surface area contributed by atoms with Gasteiger partial charge in [0.15, 0.2) is 0 Å². The van der Waals surface area contributed by atoms with Gasteiger partial charge in [-0.25, -0.2) is 0 Å². The summed E-state index contributed by atoms with van der Waals surface area (Å²) in [5, 5.41) is 8.38. The minimum atomic E-state index is 0.917. The van der Waals surface area contributed by atoms with Crippen molar-refractivity contribution in [2.75, 3.05) is 5.32 Å². The van der Waals surface area contributed by atoms with Crippen LogP contribution in [0.5, 0.6) is 0 Å². The summed E-state index contributed by atoms with van der Waals surface area (Å²) >= 11 is 0. The molecule has 0 atom stereocenters. The van der Waals surface area contributed by atoms with Gasteiger partial charge in [0.25, 0.3) is 0 Å². The maximum atomic E-state index is 6.01. The van der Waals surface area contributed by atoms with E-state index in [-0.39, 0.29) is 0 Å². The Labute approximate surface area is 260 Å². The van der Waals surface area contributed by atoms with Crippen LogP contribution in [0.25, 0.3) is 71.7 Å². The standard InChI is InChI=1S/C42H28N2O/c1-2-8-34(9-3-1)44-39-12-6-4-10-35(39)37-26-30(18-24-40(37)44)28-14-20-32(21-15-28)43-33-22-16-29(17-23-33)31-19-25-42-38(27-31)36-11-5-7-13-41(36)45-42/h1-27,43H. The molecule has 9 rings (SSSR count). The molecule has 7 aromatic carbocycles. The number of hydrogen-bond acceptors (Lipinski definition) is 2. The molecule has 0 amide bonds. The van der Waals surface area contributed by atoms with Crippen LogP contribution >= 0.6 is 0 Å². The largest absolute Gasteiger partial charge is 0.456 e. The van der Waals surface area contributed by atoms with E-state index in [0.717, 1.165) is 33.3 Å². The third-order valence-electron chi connectivity index (χ3n) is 8.79. The van der Waals surface area contributed by atoms with Crippen molar-refractivity contribution in [1.29, 1.82) is 0 Å². The van der Waals surface area contributed by atoms with Gasteiger partial charge in [0.2, 0.25) is 0 Å². The van der Waals surface area contributed by atoms with Crippen LogP contribution in [-0.4, -0.2) is 4.57 Å². The predicted octanol–water partition coefficient (Wildman–Crippen LogP) is 11.8. The molecule has 0 aliphatic heterocycles. The van der Waals surface area contributed by atoms with E-state index < -0.39 is 0 Å². The number of nitrogens with zero attached hydrogens (tertiary/aromatic N) is 1. The van der Waals surface area contributed by atoms with Crippen molar-refractivity contribution in [3.63, 3.8) is 0 Å². The highest BCUT2D eigenvalue weighted by Crippen LogP contribution is 2.36. The molecule has 0 spiro atoms. The summed E-state index contributed by atoms with van der Waals surface area (Å²) in [7, 11) is 0. The van der Waals surface area contributed by atoms with Gasteiger partial charge in [-0.2, -0.15) is 0 Å². The molecule has 0 aliphatic rings. The minimum absolute atomic E-state index is 0.917. The number of benzene rings is 7. The van der Waals surface area contributed by atoms with Crippen molar-refractivity contribution in [2.45, 2.75) is 0 Å². The van der Waals surface area contributed by atoms with Crippen LogP contribution in [-0.2, 0) is 0 Å². The van der Waals surface area contributed by atoms with Gasteiger partial charge in [0.05, 0.1) is 11.0 Å². The van der Waals surface area contributed by atoms with Crippen molar-refractivity contribution in [3.05, 3.63) is 164 Å². The van der Waals surface area contributed by atoms with E-state index in [9.17, 15) is 0 Å². The maximum absolute atomic E-state index is 6.01. The Morgan fingerprint density at radius 2 is 0.911 bits per heavy atom. The fourth-order valence-corrected chi connectivity index (χ4v) is 6.57. The summed E-state index contributed by atoms with van der Waals surface area (Å²) in [4.78, 5) is 0. The normalized spacial score (nSPS) is 11.6. The molecule has 9 aromatic rings. The minimum Gasteiger partial charge on any atom is -0.456 e. The van der Waals surface area contributed by atoms with Gasteiger partial charge in [-0.05, 0) is 95.1 Å². The number of aromatic nitrogens is 1. The lowest BCUT2D eigenvalue weighted by atomic mass is 10.0. The van der Waals surface area contributed by atoms with Gasteiger partial charge in [-0.1, -0.05) is 91.0 Å². The van der Waals surface area contributed by atoms with Crippen LogP contribution in [0.15, 0.2) is 168 Å². The van der Waals surface area contributed by atoms with Crippen molar-refractivity contribution < 1.29 is 4.42 Å². The van der Waals surface area contributed by atoms with E-state index in [2.05, 4.69) is 162 Å². The summed E-state index contributed by atoms with van der Waals surface area (Å²) in [6, 6.07) is 58.0. The third-order valence-corrected chi connectivity index (χ3v) is 8.79. The van der Waals surface area contributed by atoms with Gasteiger partial charge >= 0.3 is 0 Å². The zero-order valence-electron chi connectivity index (χ0n) is 24.4. The monoisotopic (exact) mass is 576 g/mol. The molecule has 2 aromatic heterocycles. The number of para-hydroxylation sites is 3. The molecule has 0 saturated carbocycles. The van der Waals surface area contributed by atoms with E-state index in [1.165, 1.54) is 49.7 Å². The Morgan fingerprint density at radius 3 is 1.64 bits per heavy atom.